The highest BCUT2D eigenvalue weighted by atomic mass is 16.5. The number of esters is 1. The van der Waals surface area contributed by atoms with Crippen LogP contribution in [0.5, 0.6) is 0 Å². The quantitative estimate of drug-likeness (QED) is 0.666. The van der Waals surface area contributed by atoms with E-state index >= 15 is 0 Å². The van der Waals surface area contributed by atoms with Crippen LogP contribution in [0.2, 0.25) is 0 Å². The third-order valence-corrected chi connectivity index (χ3v) is 3.70. The Bertz CT molecular complexity index is 201. The maximum Gasteiger partial charge on any atom is 0.305 e. The molecule has 1 saturated carbocycles. The van der Waals surface area contributed by atoms with Gasteiger partial charge in [-0.05, 0) is 31.1 Å². The van der Waals surface area contributed by atoms with Crippen molar-refractivity contribution in [3.63, 3.8) is 0 Å². The molecule has 0 amide bonds. The molecule has 1 rings (SSSR count). The molecule has 0 saturated heterocycles. The van der Waals surface area contributed by atoms with Crippen molar-refractivity contribution >= 4 is 5.97 Å². The molecule has 0 aromatic carbocycles. The molecule has 0 heterocycles. The van der Waals surface area contributed by atoms with Crippen molar-refractivity contribution in [1.29, 1.82) is 0 Å². The van der Waals surface area contributed by atoms with Crippen LogP contribution in [0.15, 0.2) is 0 Å². The topological polar surface area (TPSA) is 26.3 Å². The van der Waals surface area contributed by atoms with Crippen molar-refractivity contribution in [3.8, 4) is 0 Å². The average molecular weight is 212 g/mol. The molecule has 1 fully saturated rings. The molecule has 2 heteroatoms. The Balaban J connectivity index is 2.53. The van der Waals surface area contributed by atoms with Crippen LogP contribution in [-0.2, 0) is 9.53 Å². The van der Waals surface area contributed by atoms with Gasteiger partial charge in [0.25, 0.3) is 0 Å². The van der Waals surface area contributed by atoms with E-state index in [1.165, 1.54) is 25.7 Å². The summed E-state index contributed by atoms with van der Waals surface area (Å²) in [6.07, 6.45) is 6.71. The zero-order valence-electron chi connectivity index (χ0n) is 10.3. The fourth-order valence-corrected chi connectivity index (χ4v) is 2.48. The summed E-state index contributed by atoms with van der Waals surface area (Å²) in [5, 5.41) is 0. The Morgan fingerprint density at radius 2 is 2.00 bits per heavy atom. The van der Waals surface area contributed by atoms with E-state index in [2.05, 4.69) is 13.8 Å². The maximum absolute atomic E-state index is 11.3. The monoisotopic (exact) mass is 212 g/mol. The van der Waals surface area contributed by atoms with E-state index in [0.717, 1.165) is 6.42 Å². The van der Waals surface area contributed by atoms with Gasteiger partial charge < -0.3 is 4.74 Å². The number of hydrogen-bond donors (Lipinski definition) is 0. The van der Waals surface area contributed by atoms with Crippen molar-refractivity contribution in [2.24, 2.45) is 11.8 Å². The van der Waals surface area contributed by atoms with Gasteiger partial charge in [-0.15, -0.1) is 0 Å². The molecular formula is C13H24O2. The lowest BCUT2D eigenvalue weighted by Gasteiger charge is -2.34. The van der Waals surface area contributed by atoms with Crippen LogP contribution < -0.4 is 0 Å². The van der Waals surface area contributed by atoms with Gasteiger partial charge in [0, 0.05) is 6.42 Å². The normalized spacial score (nSPS) is 28.5. The Hall–Kier alpha value is -0.530. The van der Waals surface area contributed by atoms with Gasteiger partial charge in [-0.3, -0.25) is 4.79 Å². The molecule has 0 bridgehead atoms. The molecule has 0 unspecified atom stereocenters. The van der Waals surface area contributed by atoms with E-state index in [4.69, 9.17) is 4.74 Å². The van der Waals surface area contributed by atoms with Gasteiger partial charge in [0.05, 0.1) is 0 Å². The van der Waals surface area contributed by atoms with Gasteiger partial charge in [-0.2, -0.15) is 0 Å². The van der Waals surface area contributed by atoms with E-state index in [-0.39, 0.29) is 12.1 Å². The van der Waals surface area contributed by atoms with Crippen molar-refractivity contribution < 1.29 is 9.53 Å². The highest BCUT2D eigenvalue weighted by Crippen LogP contribution is 2.33. The molecule has 0 N–H and O–H groups in total. The number of ether oxygens (including phenoxy) is 1. The second kappa shape index (κ2) is 6.14. The van der Waals surface area contributed by atoms with Gasteiger partial charge in [0.1, 0.15) is 6.10 Å². The fraction of sp³-hybridized carbons (Fsp3) is 0.923. The predicted octanol–water partition coefficient (Wildman–Crippen LogP) is 3.54. The molecule has 0 aliphatic heterocycles. The summed E-state index contributed by atoms with van der Waals surface area (Å²) in [5.74, 6) is 1.24. The highest BCUT2D eigenvalue weighted by molar-refractivity contribution is 5.69. The van der Waals surface area contributed by atoms with E-state index in [9.17, 15) is 4.79 Å². The molecule has 0 aromatic rings. The lowest BCUT2D eigenvalue weighted by molar-refractivity contribution is -0.154. The van der Waals surface area contributed by atoms with Crippen LogP contribution in [0.3, 0.4) is 0 Å². The standard InChI is InChI=1S/C13H24O2/c1-4-10(3)11-8-6-7-9-12(11)15-13(14)5-2/h10-12H,4-9H2,1-3H3/t10-,11-,12+/m1/s1. The first-order valence-corrected chi connectivity index (χ1v) is 6.38. The molecule has 15 heavy (non-hydrogen) atoms. The van der Waals surface area contributed by atoms with Gasteiger partial charge in [0.2, 0.25) is 0 Å². The van der Waals surface area contributed by atoms with Crippen LogP contribution >= 0.6 is 0 Å². The molecule has 2 nitrogen and oxygen atoms in total. The summed E-state index contributed by atoms with van der Waals surface area (Å²) < 4.78 is 5.54. The largest absolute Gasteiger partial charge is 0.462 e. The summed E-state index contributed by atoms with van der Waals surface area (Å²) in [6.45, 7) is 6.37. The molecule has 0 spiro atoms. The Labute approximate surface area is 93.4 Å². The predicted molar refractivity (Wildman–Crippen MR) is 61.6 cm³/mol. The van der Waals surface area contributed by atoms with Crippen molar-refractivity contribution in [2.45, 2.75) is 65.4 Å². The summed E-state index contributed by atoms with van der Waals surface area (Å²) >= 11 is 0. The lowest BCUT2D eigenvalue weighted by atomic mass is 9.77. The van der Waals surface area contributed by atoms with Crippen molar-refractivity contribution in [1.82, 2.24) is 0 Å². The average Bonchev–Trinajstić information content (AvgIpc) is 2.28. The zero-order valence-corrected chi connectivity index (χ0v) is 10.3. The number of rotatable bonds is 4. The van der Waals surface area contributed by atoms with E-state index in [1.807, 2.05) is 6.92 Å². The van der Waals surface area contributed by atoms with Crippen LogP contribution in [0.25, 0.3) is 0 Å². The van der Waals surface area contributed by atoms with E-state index < -0.39 is 0 Å². The van der Waals surface area contributed by atoms with Crippen LogP contribution in [-0.4, -0.2) is 12.1 Å². The SMILES string of the molecule is CCC(=O)O[C@H]1CCCC[C@@H]1[C@H](C)CC. The molecule has 88 valence electrons. The third kappa shape index (κ3) is 3.51. The first-order valence-electron chi connectivity index (χ1n) is 6.38. The maximum atomic E-state index is 11.3. The number of hydrogen-bond acceptors (Lipinski definition) is 2. The molecule has 3 atom stereocenters. The molecule has 0 aromatic heterocycles. The minimum atomic E-state index is -0.0322. The Morgan fingerprint density at radius 3 is 2.60 bits per heavy atom. The van der Waals surface area contributed by atoms with Gasteiger partial charge in [-0.25, -0.2) is 0 Å². The minimum Gasteiger partial charge on any atom is -0.462 e. The van der Waals surface area contributed by atoms with Crippen molar-refractivity contribution in [3.05, 3.63) is 0 Å². The van der Waals surface area contributed by atoms with Gasteiger partial charge in [0.15, 0.2) is 0 Å². The second-order valence-electron chi connectivity index (χ2n) is 4.72. The molecule has 1 aliphatic rings. The minimum absolute atomic E-state index is 0.0322. The first-order chi connectivity index (χ1) is 7.19. The lowest BCUT2D eigenvalue weighted by Crippen LogP contribution is -2.33. The fourth-order valence-electron chi connectivity index (χ4n) is 2.48. The second-order valence-corrected chi connectivity index (χ2v) is 4.72. The van der Waals surface area contributed by atoms with Crippen LogP contribution in [0.1, 0.15) is 59.3 Å². The zero-order chi connectivity index (χ0) is 11.3. The van der Waals surface area contributed by atoms with E-state index in [1.54, 1.807) is 0 Å². The summed E-state index contributed by atoms with van der Waals surface area (Å²) in [4.78, 5) is 11.3. The summed E-state index contributed by atoms with van der Waals surface area (Å²) in [5.41, 5.74) is 0. The first kappa shape index (κ1) is 12.5. The summed E-state index contributed by atoms with van der Waals surface area (Å²) in [7, 11) is 0. The van der Waals surface area contributed by atoms with Crippen LogP contribution in [0, 0.1) is 11.8 Å². The van der Waals surface area contributed by atoms with Crippen molar-refractivity contribution in [2.75, 3.05) is 0 Å². The van der Waals surface area contributed by atoms with Crippen LogP contribution in [0.4, 0.5) is 0 Å². The Kier molecular flexibility index (Phi) is 5.13. The van der Waals surface area contributed by atoms with Gasteiger partial charge in [-0.1, -0.05) is 33.6 Å². The smallest absolute Gasteiger partial charge is 0.305 e. The van der Waals surface area contributed by atoms with Gasteiger partial charge >= 0.3 is 5.97 Å². The Morgan fingerprint density at radius 1 is 1.33 bits per heavy atom. The number of carbonyl (C=O) groups excluding carboxylic acids is 1. The third-order valence-electron chi connectivity index (χ3n) is 3.70. The molecule has 1 aliphatic carbocycles. The highest BCUT2D eigenvalue weighted by Gasteiger charge is 2.31. The molecular weight excluding hydrogens is 188 g/mol. The number of carbonyl (C=O) groups is 1. The van der Waals surface area contributed by atoms with E-state index in [0.29, 0.717) is 18.3 Å². The summed E-state index contributed by atoms with van der Waals surface area (Å²) in [6, 6.07) is 0. The molecule has 0 radical (unpaired) electrons.